The average Bonchev–Trinajstić information content (AvgIpc) is 2.74. The first-order valence-corrected chi connectivity index (χ1v) is 5.90. The van der Waals surface area contributed by atoms with Gasteiger partial charge >= 0.3 is 0 Å². The highest BCUT2D eigenvalue weighted by Crippen LogP contribution is 2.26. The summed E-state index contributed by atoms with van der Waals surface area (Å²) in [5.41, 5.74) is 1.96. The standard InChI is InChI=1S/C12H15ClN4/c1-3-15-12(11-7-17(2)8-16-11)9-4-5-14-6-10(9)13/h4-8,12,15H,3H2,1-2H3. The Hall–Kier alpha value is -1.39. The normalized spacial score (nSPS) is 12.6. The maximum Gasteiger partial charge on any atom is 0.0947 e. The van der Waals surface area contributed by atoms with Crippen molar-refractivity contribution in [3.63, 3.8) is 0 Å². The molecular formula is C12H15ClN4. The first-order valence-electron chi connectivity index (χ1n) is 5.53. The van der Waals surface area contributed by atoms with Gasteiger partial charge in [0, 0.05) is 25.6 Å². The van der Waals surface area contributed by atoms with E-state index >= 15 is 0 Å². The molecule has 0 saturated heterocycles. The molecule has 1 atom stereocenters. The van der Waals surface area contributed by atoms with Crippen LogP contribution in [-0.4, -0.2) is 21.1 Å². The van der Waals surface area contributed by atoms with Crippen molar-refractivity contribution in [2.24, 2.45) is 7.05 Å². The third-order valence-corrected chi connectivity index (χ3v) is 2.86. The first-order chi connectivity index (χ1) is 8.22. The summed E-state index contributed by atoms with van der Waals surface area (Å²) in [4.78, 5) is 8.37. The van der Waals surface area contributed by atoms with E-state index in [9.17, 15) is 0 Å². The largest absolute Gasteiger partial charge is 0.340 e. The third-order valence-electron chi connectivity index (χ3n) is 2.54. The molecule has 0 bridgehead atoms. The molecule has 90 valence electrons. The Morgan fingerprint density at radius 3 is 2.94 bits per heavy atom. The summed E-state index contributed by atoms with van der Waals surface area (Å²) < 4.78 is 1.93. The van der Waals surface area contributed by atoms with Gasteiger partial charge in [0.25, 0.3) is 0 Å². The van der Waals surface area contributed by atoms with Crippen LogP contribution in [0.3, 0.4) is 0 Å². The van der Waals surface area contributed by atoms with Gasteiger partial charge in [-0.3, -0.25) is 4.98 Å². The van der Waals surface area contributed by atoms with E-state index in [1.165, 1.54) is 0 Å². The number of aromatic nitrogens is 3. The zero-order valence-corrected chi connectivity index (χ0v) is 10.6. The molecule has 2 aromatic rings. The van der Waals surface area contributed by atoms with Gasteiger partial charge in [0.15, 0.2) is 0 Å². The SMILES string of the molecule is CCNC(c1cn(C)cn1)c1ccncc1Cl. The zero-order chi connectivity index (χ0) is 12.3. The van der Waals surface area contributed by atoms with Crippen LogP contribution in [0.4, 0.5) is 0 Å². The van der Waals surface area contributed by atoms with Crippen molar-refractivity contribution in [1.82, 2.24) is 19.9 Å². The molecule has 0 amide bonds. The number of hydrogen-bond donors (Lipinski definition) is 1. The number of imidazole rings is 1. The van der Waals surface area contributed by atoms with Crippen molar-refractivity contribution in [3.05, 3.63) is 47.3 Å². The van der Waals surface area contributed by atoms with Gasteiger partial charge in [-0.25, -0.2) is 4.98 Å². The van der Waals surface area contributed by atoms with Crippen LogP contribution in [0.1, 0.15) is 24.2 Å². The van der Waals surface area contributed by atoms with Crippen LogP contribution in [0.5, 0.6) is 0 Å². The quantitative estimate of drug-likeness (QED) is 0.904. The molecule has 0 radical (unpaired) electrons. The summed E-state index contributed by atoms with van der Waals surface area (Å²) in [5.74, 6) is 0. The topological polar surface area (TPSA) is 42.7 Å². The summed E-state index contributed by atoms with van der Waals surface area (Å²) in [6.07, 6.45) is 7.18. The van der Waals surface area contributed by atoms with Crippen LogP contribution in [-0.2, 0) is 7.05 Å². The van der Waals surface area contributed by atoms with Crippen molar-refractivity contribution < 1.29 is 0 Å². The summed E-state index contributed by atoms with van der Waals surface area (Å²) in [6, 6.07) is 1.93. The molecule has 0 aromatic carbocycles. The summed E-state index contributed by atoms with van der Waals surface area (Å²) in [5, 5.41) is 4.04. The minimum atomic E-state index is 0.0108. The highest BCUT2D eigenvalue weighted by Gasteiger charge is 2.17. The highest BCUT2D eigenvalue weighted by atomic mass is 35.5. The fourth-order valence-electron chi connectivity index (χ4n) is 1.78. The summed E-state index contributed by atoms with van der Waals surface area (Å²) >= 11 is 6.17. The Bertz CT molecular complexity index is 495. The molecule has 0 fully saturated rings. The minimum Gasteiger partial charge on any atom is -0.340 e. The Morgan fingerprint density at radius 2 is 2.35 bits per heavy atom. The molecule has 1 N–H and O–H groups in total. The van der Waals surface area contributed by atoms with Gasteiger partial charge in [-0.05, 0) is 18.2 Å². The lowest BCUT2D eigenvalue weighted by Gasteiger charge is -2.17. The third kappa shape index (κ3) is 2.65. The Morgan fingerprint density at radius 1 is 1.53 bits per heavy atom. The van der Waals surface area contributed by atoms with Crippen molar-refractivity contribution >= 4 is 11.6 Å². The predicted octanol–water partition coefficient (Wildman–Crippen LogP) is 2.17. The zero-order valence-electron chi connectivity index (χ0n) is 9.89. The maximum atomic E-state index is 6.17. The first kappa shape index (κ1) is 12.1. The minimum absolute atomic E-state index is 0.0108. The predicted molar refractivity (Wildman–Crippen MR) is 68.0 cm³/mol. The molecule has 0 aliphatic rings. The van der Waals surface area contributed by atoms with E-state index in [4.69, 9.17) is 11.6 Å². The lowest BCUT2D eigenvalue weighted by molar-refractivity contribution is 0.617. The van der Waals surface area contributed by atoms with Gasteiger partial charge < -0.3 is 9.88 Å². The van der Waals surface area contributed by atoms with Crippen LogP contribution in [0.2, 0.25) is 5.02 Å². The van der Waals surface area contributed by atoms with Crippen molar-refractivity contribution in [2.75, 3.05) is 6.54 Å². The summed E-state index contributed by atoms with van der Waals surface area (Å²) in [7, 11) is 1.95. The number of halogens is 1. The van der Waals surface area contributed by atoms with E-state index < -0.39 is 0 Å². The fraction of sp³-hybridized carbons (Fsp3) is 0.333. The lowest BCUT2D eigenvalue weighted by Crippen LogP contribution is -2.22. The second-order valence-corrected chi connectivity index (χ2v) is 4.26. The molecule has 0 saturated carbocycles. The smallest absolute Gasteiger partial charge is 0.0947 e. The monoisotopic (exact) mass is 250 g/mol. The van der Waals surface area contributed by atoms with E-state index in [-0.39, 0.29) is 6.04 Å². The molecule has 4 nitrogen and oxygen atoms in total. The second kappa shape index (κ2) is 5.29. The number of rotatable bonds is 4. The van der Waals surface area contributed by atoms with Crippen LogP contribution in [0.15, 0.2) is 31.0 Å². The van der Waals surface area contributed by atoms with E-state index in [1.54, 1.807) is 18.7 Å². The Kier molecular flexibility index (Phi) is 3.76. The second-order valence-electron chi connectivity index (χ2n) is 3.85. The molecule has 2 rings (SSSR count). The molecule has 1 unspecified atom stereocenters. The van der Waals surface area contributed by atoms with Crippen molar-refractivity contribution in [3.8, 4) is 0 Å². The summed E-state index contributed by atoms with van der Waals surface area (Å²) in [6.45, 7) is 2.91. The molecule has 2 heterocycles. The van der Waals surface area contributed by atoms with Gasteiger partial charge in [0.05, 0.1) is 23.1 Å². The van der Waals surface area contributed by atoms with Crippen molar-refractivity contribution in [2.45, 2.75) is 13.0 Å². The Balaban J connectivity index is 2.39. The lowest BCUT2D eigenvalue weighted by atomic mass is 10.1. The van der Waals surface area contributed by atoms with E-state index in [1.807, 2.05) is 23.9 Å². The van der Waals surface area contributed by atoms with Crippen molar-refractivity contribution in [1.29, 1.82) is 0 Å². The van der Waals surface area contributed by atoms with Gasteiger partial charge in [0.1, 0.15) is 0 Å². The van der Waals surface area contributed by atoms with E-state index in [0.29, 0.717) is 5.02 Å². The molecule has 0 aliphatic carbocycles. The number of hydrogen-bond acceptors (Lipinski definition) is 3. The molecule has 0 spiro atoms. The number of aryl methyl sites for hydroxylation is 1. The molecule has 17 heavy (non-hydrogen) atoms. The Labute approximate surface area is 106 Å². The fourth-order valence-corrected chi connectivity index (χ4v) is 2.01. The average molecular weight is 251 g/mol. The number of pyridine rings is 1. The molecule has 2 aromatic heterocycles. The van der Waals surface area contributed by atoms with Crippen LogP contribution >= 0.6 is 11.6 Å². The van der Waals surface area contributed by atoms with E-state index in [2.05, 4.69) is 22.2 Å². The highest BCUT2D eigenvalue weighted by molar-refractivity contribution is 6.31. The van der Waals surface area contributed by atoms with Crippen LogP contribution < -0.4 is 5.32 Å². The van der Waals surface area contributed by atoms with Gasteiger partial charge in [-0.15, -0.1) is 0 Å². The van der Waals surface area contributed by atoms with Gasteiger partial charge in [-0.1, -0.05) is 18.5 Å². The molecule has 5 heteroatoms. The van der Waals surface area contributed by atoms with E-state index in [0.717, 1.165) is 17.8 Å². The molecular weight excluding hydrogens is 236 g/mol. The number of nitrogens with zero attached hydrogens (tertiary/aromatic N) is 3. The van der Waals surface area contributed by atoms with Gasteiger partial charge in [0.2, 0.25) is 0 Å². The van der Waals surface area contributed by atoms with Crippen LogP contribution in [0.25, 0.3) is 0 Å². The number of nitrogens with one attached hydrogen (secondary N) is 1. The maximum absolute atomic E-state index is 6.17. The molecule has 0 aliphatic heterocycles. The van der Waals surface area contributed by atoms with Gasteiger partial charge in [-0.2, -0.15) is 0 Å². The van der Waals surface area contributed by atoms with Crippen LogP contribution in [0, 0.1) is 0 Å².